The van der Waals surface area contributed by atoms with Crippen LogP contribution in [0.5, 0.6) is 0 Å². The molecule has 1 aliphatic carbocycles. The molecule has 81 heavy (non-hydrogen) atoms. The van der Waals surface area contributed by atoms with Gasteiger partial charge >= 0.3 is 0 Å². The van der Waals surface area contributed by atoms with Gasteiger partial charge in [0.25, 0.3) is 6.71 Å². The molecular formula is C77H76BN3. The van der Waals surface area contributed by atoms with Crippen molar-refractivity contribution in [2.45, 2.75) is 150 Å². The summed E-state index contributed by atoms with van der Waals surface area (Å²) in [6.45, 7) is 38.0. The van der Waals surface area contributed by atoms with Crippen LogP contribution in [0.2, 0.25) is 0 Å². The number of para-hydroxylation sites is 1. The lowest BCUT2D eigenvalue weighted by Crippen LogP contribution is -2.60. The molecule has 3 aliphatic heterocycles. The second-order valence-corrected chi connectivity index (χ2v) is 29.4. The molecule has 11 aromatic rings. The molecule has 0 saturated carbocycles. The predicted molar refractivity (Wildman–Crippen MR) is 348 cm³/mol. The van der Waals surface area contributed by atoms with Crippen molar-refractivity contribution >= 4 is 83.8 Å². The first-order chi connectivity index (χ1) is 38.4. The summed E-state index contributed by atoms with van der Waals surface area (Å²) in [5.74, 6) is 0.796. The third kappa shape index (κ3) is 6.71. The lowest BCUT2D eigenvalue weighted by molar-refractivity contribution is 0.583. The second-order valence-electron chi connectivity index (χ2n) is 29.4. The molecule has 0 bridgehead atoms. The quantitative estimate of drug-likeness (QED) is 0.157. The molecule has 0 fully saturated rings. The Morgan fingerprint density at radius 1 is 0.420 bits per heavy atom. The monoisotopic (exact) mass is 1050 g/mol. The van der Waals surface area contributed by atoms with Crippen LogP contribution in [0.15, 0.2) is 158 Å². The van der Waals surface area contributed by atoms with Gasteiger partial charge < -0.3 is 14.0 Å². The van der Waals surface area contributed by atoms with E-state index in [2.05, 4.69) is 283 Å². The number of benzene rings is 9. The highest BCUT2D eigenvalue weighted by atomic mass is 15.1. The van der Waals surface area contributed by atoms with Crippen LogP contribution in [0.4, 0.5) is 17.1 Å². The molecule has 0 unspecified atom stereocenters. The van der Waals surface area contributed by atoms with Gasteiger partial charge in [0.1, 0.15) is 0 Å². The van der Waals surface area contributed by atoms with E-state index in [1.54, 1.807) is 0 Å². The number of hydrogen-bond acceptors (Lipinski definition) is 1. The fourth-order valence-corrected chi connectivity index (χ4v) is 15.2. The number of rotatable bonds is 5. The van der Waals surface area contributed by atoms with Gasteiger partial charge in [0.15, 0.2) is 0 Å². The Hall–Kier alpha value is -7.56. The molecule has 3 nitrogen and oxygen atoms in total. The standard InChI is InChI=1S/C77H76BN3/c1-43(2)45-22-27-52(28-23-45)79(51-20-18-17-19-21-51)65-35-32-62-72-67(65)57-36-46(44(3)4)24-33-64(57)80(72)66-34-31-58-71-68(66)78(62)63-42-50(76(14,15)16)38-56-55-37-49(75(11,12)13)41-61(69(55)81(71)70(56)63)77(58)59-39-47(73(5,6)7)25-29-53(59)54-30-26-48(40-60(54)77)74(8,9)10/h17-44H,1-16H3. The van der Waals surface area contributed by atoms with Gasteiger partial charge in [0.05, 0.1) is 27.7 Å². The lowest BCUT2D eigenvalue weighted by atomic mass is 9.33. The molecule has 4 heteroatoms. The molecule has 0 radical (unpaired) electrons. The number of fused-ring (bicyclic) bond motifs is 14. The van der Waals surface area contributed by atoms with Crippen LogP contribution >= 0.6 is 0 Å². The Kier molecular flexibility index (Phi) is 10.2. The highest BCUT2D eigenvalue weighted by Gasteiger charge is 2.55. The van der Waals surface area contributed by atoms with E-state index in [1.807, 2.05) is 0 Å². The first-order valence-corrected chi connectivity index (χ1v) is 30.1. The molecular weight excluding hydrogens is 978 g/mol. The van der Waals surface area contributed by atoms with Gasteiger partial charge in [-0.1, -0.05) is 208 Å². The average Bonchev–Trinajstić information content (AvgIpc) is 3.61. The van der Waals surface area contributed by atoms with Crippen molar-refractivity contribution in [2.75, 3.05) is 4.90 Å². The van der Waals surface area contributed by atoms with Crippen LogP contribution in [0.25, 0.3) is 66.1 Å². The summed E-state index contributed by atoms with van der Waals surface area (Å²) >= 11 is 0. The molecule has 5 heterocycles. The zero-order valence-electron chi connectivity index (χ0n) is 50.6. The van der Waals surface area contributed by atoms with Crippen LogP contribution in [-0.2, 0) is 27.1 Å². The first-order valence-electron chi connectivity index (χ1n) is 30.1. The normalized spacial score (nSPS) is 14.7. The molecule has 1 spiro atoms. The SMILES string of the molecule is CC(C)c1ccc(N(c2ccccc2)c2ccc3c4c2c2cc(C(C)C)ccc2n4-c2ccc4c5c2B3c2cc(C(C)(C)C)cc3c6cc(C(C)(C)C)cc(c6n-5c23)C42c3cc(C(C)(C)C)ccc3-c3ccc(C(C)(C)C)cc32)cc1. The van der Waals surface area contributed by atoms with Crippen molar-refractivity contribution in [3.63, 3.8) is 0 Å². The van der Waals surface area contributed by atoms with Crippen molar-refractivity contribution in [1.29, 1.82) is 0 Å². The number of hydrogen-bond donors (Lipinski definition) is 0. The smallest absolute Gasteiger partial charge is 0.252 e. The van der Waals surface area contributed by atoms with E-state index in [0.29, 0.717) is 11.8 Å². The summed E-state index contributed by atoms with van der Waals surface area (Å²) in [5, 5.41) is 5.33. The predicted octanol–water partition coefficient (Wildman–Crippen LogP) is 18.6. The molecule has 0 N–H and O–H groups in total. The minimum absolute atomic E-state index is 0.0483. The van der Waals surface area contributed by atoms with Crippen LogP contribution < -0.4 is 21.3 Å². The summed E-state index contributed by atoms with van der Waals surface area (Å²) in [5.41, 5.74) is 31.2. The van der Waals surface area contributed by atoms with E-state index in [1.165, 1.54) is 144 Å². The van der Waals surface area contributed by atoms with Gasteiger partial charge in [-0.15, -0.1) is 0 Å². The summed E-state index contributed by atoms with van der Waals surface area (Å²) in [6, 6.07) is 63.6. The van der Waals surface area contributed by atoms with E-state index in [-0.39, 0.29) is 28.4 Å². The van der Waals surface area contributed by atoms with Crippen molar-refractivity contribution in [3.05, 3.63) is 213 Å². The van der Waals surface area contributed by atoms with E-state index in [4.69, 9.17) is 0 Å². The van der Waals surface area contributed by atoms with Crippen molar-refractivity contribution < 1.29 is 0 Å². The summed E-state index contributed by atoms with van der Waals surface area (Å²) in [4.78, 5) is 2.53. The average molecular weight is 1050 g/mol. The largest absolute Gasteiger partial charge is 0.310 e. The summed E-state index contributed by atoms with van der Waals surface area (Å²) in [7, 11) is 0. The lowest BCUT2D eigenvalue weighted by Gasteiger charge is -2.45. The molecule has 0 atom stereocenters. The van der Waals surface area contributed by atoms with Crippen molar-refractivity contribution in [3.8, 4) is 22.5 Å². The minimum Gasteiger partial charge on any atom is -0.310 e. The van der Waals surface area contributed by atoms with E-state index >= 15 is 0 Å². The fraction of sp³-hybridized carbons (Fsp3) is 0.299. The van der Waals surface area contributed by atoms with Gasteiger partial charge in [-0.3, -0.25) is 0 Å². The van der Waals surface area contributed by atoms with E-state index in [9.17, 15) is 0 Å². The Morgan fingerprint density at radius 3 is 1.57 bits per heavy atom. The van der Waals surface area contributed by atoms with Gasteiger partial charge in [0, 0.05) is 49.8 Å². The maximum Gasteiger partial charge on any atom is 0.252 e. The zero-order chi connectivity index (χ0) is 56.5. The maximum absolute atomic E-state index is 2.81. The maximum atomic E-state index is 2.81. The van der Waals surface area contributed by atoms with Crippen LogP contribution in [0.1, 0.15) is 178 Å². The Labute approximate surface area is 480 Å². The molecule has 402 valence electrons. The Bertz CT molecular complexity index is 4480. The zero-order valence-corrected chi connectivity index (χ0v) is 50.6. The Morgan fingerprint density at radius 2 is 0.975 bits per heavy atom. The van der Waals surface area contributed by atoms with Crippen molar-refractivity contribution in [2.24, 2.45) is 0 Å². The van der Waals surface area contributed by atoms with Crippen LogP contribution in [0, 0.1) is 0 Å². The summed E-state index contributed by atoms with van der Waals surface area (Å²) < 4.78 is 5.51. The third-order valence-corrected chi connectivity index (χ3v) is 19.6. The van der Waals surface area contributed by atoms with Gasteiger partial charge in [-0.25, -0.2) is 0 Å². The first kappa shape index (κ1) is 50.4. The van der Waals surface area contributed by atoms with Gasteiger partial charge in [0.2, 0.25) is 0 Å². The van der Waals surface area contributed by atoms with E-state index < -0.39 is 5.41 Å². The van der Waals surface area contributed by atoms with Crippen molar-refractivity contribution in [1.82, 2.24) is 9.13 Å². The van der Waals surface area contributed by atoms with Gasteiger partial charge in [-0.2, -0.15) is 0 Å². The number of aromatic nitrogens is 2. The minimum atomic E-state index is -0.623. The molecule has 15 rings (SSSR count). The molecule has 0 saturated heterocycles. The highest BCUT2D eigenvalue weighted by Crippen LogP contribution is 2.63. The Balaban J connectivity index is 1.16. The summed E-state index contributed by atoms with van der Waals surface area (Å²) in [6.07, 6.45) is 0. The molecule has 9 aromatic carbocycles. The number of nitrogens with zero attached hydrogens (tertiary/aromatic N) is 3. The molecule has 4 aliphatic rings. The van der Waals surface area contributed by atoms with E-state index in [0.717, 1.165) is 11.4 Å². The topological polar surface area (TPSA) is 13.1 Å². The number of anilines is 3. The fourth-order valence-electron chi connectivity index (χ4n) is 15.2. The highest BCUT2D eigenvalue weighted by molar-refractivity contribution is 7.00. The van der Waals surface area contributed by atoms with Crippen LogP contribution in [-0.4, -0.2) is 15.8 Å². The van der Waals surface area contributed by atoms with Crippen LogP contribution in [0.3, 0.4) is 0 Å². The second kappa shape index (κ2) is 16.3. The third-order valence-electron chi connectivity index (χ3n) is 19.6. The molecule has 0 amide bonds. The van der Waals surface area contributed by atoms with Gasteiger partial charge in [-0.05, 0) is 177 Å². The molecule has 2 aromatic heterocycles.